The van der Waals surface area contributed by atoms with Gasteiger partial charge in [0.25, 0.3) is 0 Å². The fourth-order valence-corrected chi connectivity index (χ4v) is 1.74. The smallest absolute Gasteiger partial charge is 0.409 e. The van der Waals surface area contributed by atoms with Gasteiger partial charge in [-0.15, -0.1) is 0 Å². The number of ether oxygens (including phenoxy) is 1. The van der Waals surface area contributed by atoms with Crippen LogP contribution in [0.5, 0.6) is 5.75 Å². The van der Waals surface area contributed by atoms with Crippen LogP contribution in [0.25, 0.3) is 10.9 Å². The molecule has 0 spiro atoms. The predicted octanol–water partition coefficient (Wildman–Crippen LogP) is 2.45. The molecule has 0 saturated heterocycles. The van der Waals surface area contributed by atoms with E-state index in [0.29, 0.717) is 5.75 Å². The molecule has 2 rings (SSSR count). The fraction of sp³-hybridized carbons (Fsp3) is 0. The molecule has 0 saturated carbocycles. The summed E-state index contributed by atoms with van der Waals surface area (Å²) < 4.78 is 5.62. The number of nitrogens with zero attached hydrogens (tertiary/aromatic N) is 1. The zero-order valence-electron chi connectivity index (χ0n) is 7.61. The number of rotatable bonds is 1. The first-order valence-electron chi connectivity index (χ1n) is 4.18. The van der Waals surface area contributed by atoms with E-state index in [1.807, 2.05) is 18.2 Å². The maximum absolute atomic E-state index is 10.6. The molecule has 2 aromatic rings. The SMILES string of the molecule is NC(=O)Oc1cnc2cccc(Br)c2c1. The van der Waals surface area contributed by atoms with Crippen molar-refractivity contribution >= 4 is 32.9 Å². The molecule has 0 aliphatic rings. The quantitative estimate of drug-likeness (QED) is 0.863. The highest BCUT2D eigenvalue weighted by molar-refractivity contribution is 9.10. The van der Waals surface area contributed by atoms with E-state index in [0.717, 1.165) is 15.4 Å². The number of halogens is 1. The van der Waals surface area contributed by atoms with Gasteiger partial charge in [0.05, 0.1) is 11.7 Å². The molecule has 76 valence electrons. The number of nitrogens with two attached hydrogens (primary N) is 1. The lowest BCUT2D eigenvalue weighted by Crippen LogP contribution is -2.16. The molecule has 5 heteroatoms. The van der Waals surface area contributed by atoms with Gasteiger partial charge in [-0.3, -0.25) is 4.98 Å². The summed E-state index contributed by atoms with van der Waals surface area (Å²) in [5.41, 5.74) is 5.73. The molecule has 0 radical (unpaired) electrons. The molecule has 1 amide bonds. The Labute approximate surface area is 94.2 Å². The van der Waals surface area contributed by atoms with E-state index < -0.39 is 6.09 Å². The van der Waals surface area contributed by atoms with E-state index in [4.69, 9.17) is 10.5 Å². The van der Waals surface area contributed by atoms with Crippen molar-refractivity contribution in [3.63, 3.8) is 0 Å². The minimum Gasteiger partial charge on any atom is -0.409 e. The molecule has 1 heterocycles. The van der Waals surface area contributed by atoms with Crippen LogP contribution in [0, 0.1) is 0 Å². The number of carbonyl (C=O) groups is 1. The number of hydrogen-bond acceptors (Lipinski definition) is 3. The van der Waals surface area contributed by atoms with Crippen molar-refractivity contribution in [1.29, 1.82) is 0 Å². The maximum atomic E-state index is 10.6. The largest absolute Gasteiger partial charge is 0.410 e. The standard InChI is InChI=1S/C10H7BrN2O2/c11-8-2-1-3-9-7(8)4-6(5-13-9)15-10(12)14/h1-5H,(H2,12,14). The van der Waals surface area contributed by atoms with Crippen molar-refractivity contribution in [1.82, 2.24) is 4.98 Å². The Hall–Kier alpha value is -1.62. The molecule has 4 nitrogen and oxygen atoms in total. The number of pyridine rings is 1. The number of amides is 1. The van der Waals surface area contributed by atoms with Crippen molar-refractivity contribution in [3.8, 4) is 5.75 Å². The van der Waals surface area contributed by atoms with Crippen molar-refractivity contribution < 1.29 is 9.53 Å². The van der Waals surface area contributed by atoms with Crippen LogP contribution < -0.4 is 10.5 Å². The van der Waals surface area contributed by atoms with E-state index in [1.165, 1.54) is 6.20 Å². The van der Waals surface area contributed by atoms with Crippen LogP contribution >= 0.6 is 15.9 Å². The molecule has 0 unspecified atom stereocenters. The summed E-state index contributed by atoms with van der Waals surface area (Å²) in [4.78, 5) is 14.7. The topological polar surface area (TPSA) is 65.2 Å². The minimum atomic E-state index is -0.844. The van der Waals surface area contributed by atoms with E-state index in [2.05, 4.69) is 20.9 Å². The molecule has 1 aromatic heterocycles. The highest BCUT2D eigenvalue weighted by Gasteiger charge is 2.03. The fourth-order valence-electron chi connectivity index (χ4n) is 1.27. The van der Waals surface area contributed by atoms with Crippen LogP contribution in [0.1, 0.15) is 0 Å². The first-order valence-corrected chi connectivity index (χ1v) is 4.97. The van der Waals surface area contributed by atoms with Crippen molar-refractivity contribution in [2.75, 3.05) is 0 Å². The molecule has 2 N–H and O–H groups in total. The number of primary amides is 1. The van der Waals surface area contributed by atoms with Crippen LogP contribution in [-0.2, 0) is 0 Å². The molecule has 0 bridgehead atoms. The summed E-state index contributed by atoms with van der Waals surface area (Å²) in [6, 6.07) is 7.34. The third-order valence-electron chi connectivity index (χ3n) is 1.87. The van der Waals surface area contributed by atoms with Crippen LogP contribution in [-0.4, -0.2) is 11.1 Å². The second-order valence-electron chi connectivity index (χ2n) is 2.90. The first-order chi connectivity index (χ1) is 7.16. The Bertz CT molecular complexity index is 528. The Morgan fingerprint density at radius 2 is 2.27 bits per heavy atom. The molecule has 0 fully saturated rings. The number of aromatic nitrogens is 1. The van der Waals surface area contributed by atoms with Gasteiger partial charge in [-0.1, -0.05) is 22.0 Å². The van der Waals surface area contributed by atoms with Crippen LogP contribution in [0.4, 0.5) is 4.79 Å². The average molecular weight is 267 g/mol. The molecule has 15 heavy (non-hydrogen) atoms. The first kappa shape index (κ1) is 9.92. The van der Waals surface area contributed by atoms with Gasteiger partial charge in [0.15, 0.2) is 5.75 Å². The van der Waals surface area contributed by atoms with Gasteiger partial charge in [-0.05, 0) is 18.2 Å². The lowest BCUT2D eigenvalue weighted by atomic mass is 10.2. The van der Waals surface area contributed by atoms with Crippen molar-refractivity contribution in [3.05, 3.63) is 34.9 Å². The van der Waals surface area contributed by atoms with Gasteiger partial charge in [-0.25, -0.2) is 4.79 Å². The summed E-state index contributed by atoms with van der Waals surface area (Å²) in [6.45, 7) is 0. The Morgan fingerprint density at radius 3 is 3.00 bits per heavy atom. The third kappa shape index (κ3) is 2.07. The Balaban J connectivity index is 2.54. The van der Waals surface area contributed by atoms with Crippen LogP contribution in [0.2, 0.25) is 0 Å². The number of fused-ring (bicyclic) bond motifs is 1. The highest BCUT2D eigenvalue weighted by Crippen LogP contribution is 2.25. The second-order valence-corrected chi connectivity index (χ2v) is 3.75. The van der Waals surface area contributed by atoms with Crippen molar-refractivity contribution in [2.24, 2.45) is 5.73 Å². The predicted molar refractivity (Wildman–Crippen MR) is 59.7 cm³/mol. The monoisotopic (exact) mass is 266 g/mol. The van der Waals surface area contributed by atoms with E-state index in [9.17, 15) is 4.79 Å². The van der Waals surface area contributed by atoms with Gasteiger partial charge in [0, 0.05) is 9.86 Å². The Kier molecular flexibility index (Phi) is 2.55. The van der Waals surface area contributed by atoms with E-state index >= 15 is 0 Å². The zero-order chi connectivity index (χ0) is 10.8. The van der Waals surface area contributed by atoms with Crippen LogP contribution in [0.3, 0.4) is 0 Å². The maximum Gasteiger partial charge on any atom is 0.410 e. The van der Waals surface area contributed by atoms with Gasteiger partial charge in [-0.2, -0.15) is 0 Å². The van der Waals surface area contributed by atoms with Crippen molar-refractivity contribution in [2.45, 2.75) is 0 Å². The number of hydrogen-bond donors (Lipinski definition) is 1. The number of carbonyl (C=O) groups excluding carboxylic acids is 1. The average Bonchev–Trinajstić information content (AvgIpc) is 2.18. The summed E-state index contributed by atoms with van der Waals surface area (Å²) in [6.07, 6.45) is 0.614. The summed E-state index contributed by atoms with van der Waals surface area (Å²) in [7, 11) is 0. The van der Waals surface area contributed by atoms with E-state index in [1.54, 1.807) is 6.07 Å². The molecule has 0 aliphatic heterocycles. The van der Waals surface area contributed by atoms with Gasteiger partial charge < -0.3 is 10.5 Å². The second kappa shape index (κ2) is 3.86. The van der Waals surface area contributed by atoms with Gasteiger partial charge >= 0.3 is 6.09 Å². The zero-order valence-corrected chi connectivity index (χ0v) is 9.19. The molecule has 0 aliphatic carbocycles. The number of benzene rings is 1. The highest BCUT2D eigenvalue weighted by atomic mass is 79.9. The van der Waals surface area contributed by atoms with Gasteiger partial charge in [0.1, 0.15) is 0 Å². The molecule has 0 atom stereocenters. The molecular weight excluding hydrogens is 260 g/mol. The summed E-state index contributed by atoms with van der Waals surface area (Å²) in [5.74, 6) is 0.335. The van der Waals surface area contributed by atoms with E-state index in [-0.39, 0.29) is 0 Å². The molecular formula is C10H7BrN2O2. The molecule has 1 aromatic carbocycles. The normalized spacial score (nSPS) is 10.2. The Morgan fingerprint density at radius 1 is 1.47 bits per heavy atom. The minimum absolute atomic E-state index is 0.335. The van der Waals surface area contributed by atoms with Crippen LogP contribution in [0.15, 0.2) is 34.9 Å². The van der Waals surface area contributed by atoms with Gasteiger partial charge in [0.2, 0.25) is 0 Å². The third-order valence-corrected chi connectivity index (χ3v) is 2.56. The lowest BCUT2D eigenvalue weighted by Gasteiger charge is -2.03. The summed E-state index contributed by atoms with van der Waals surface area (Å²) in [5, 5.41) is 0.872. The lowest BCUT2D eigenvalue weighted by molar-refractivity contribution is 0.211. The summed E-state index contributed by atoms with van der Waals surface area (Å²) >= 11 is 3.39.